The number of hydrogen-bond donors (Lipinski definition) is 1. The van der Waals surface area contributed by atoms with Crippen molar-refractivity contribution in [3.05, 3.63) is 70.1 Å². The Bertz CT molecular complexity index is 1070. The topological polar surface area (TPSA) is 85.6 Å². The Hall–Kier alpha value is -3.41. The summed E-state index contributed by atoms with van der Waals surface area (Å²) in [6, 6.07) is 13.3. The van der Waals surface area contributed by atoms with E-state index in [9.17, 15) is 14.4 Å². The van der Waals surface area contributed by atoms with E-state index in [4.69, 9.17) is 9.15 Å². The molecule has 0 aliphatic carbocycles. The molecule has 6 heteroatoms. The van der Waals surface area contributed by atoms with Gasteiger partial charge in [0.25, 0.3) is 0 Å². The van der Waals surface area contributed by atoms with Crippen molar-refractivity contribution in [3.8, 4) is 5.75 Å². The van der Waals surface area contributed by atoms with E-state index in [1.165, 1.54) is 13.0 Å². The third kappa shape index (κ3) is 4.65. The zero-order valence-electron chi connectivity index (χ0n) is 15.8. The Morgan fingerprint density at radius 2 is 1.82 bits per heavy atom. The molecule has 144 valence electrons. The maximum atomic E-state index is 12.3. The highest BCUT2D eigenvalue weighted by Crippen LogP contribution is 2.23. The fourth-order valence-corrected chi connectivity index (χ4v) is 2.95. The van der Waals surface area contributed by atoms with E-state index < -0.39 is 5.63 Å². The lowest BCUT2D eigenvalue weighted by molar-refractivity contribution is -0.114. The highest BCUT2D eigenvalue weighted by Gasteiger charge is 2.10. The van der Waals surface area contributed by atoms with Crippen molar-refractivity contribution in [1.82, 2.24) is 0 Å². The van der Waals surface area contributed by atoms with Crippen LogP contribution in [-0.2, 0) is 11.2 Å². The molecular weight excluding hydrogens is 358 g/mol. The van der Waals surface area contributed by atoms with Crippen LogP contribution in [0.3, 0.4) is 0 Å². The molecule has 0 atom stereocenters. The first kappa shape index (κ1) is 19.4. The minimum atomic E-state index is -0.400. The van der Waals surface area contributed by atoms with Crippen molar-refractivity contribution in [2.24, 2.45) is 0 Å². The SMILES string of the molecule is CCCc1cc(=O)oc2cc(OCC(=O)c3ccc(NC(C)=O)cc3)ccc12. The molecule has 0 aliphatic rings. The molecule has 0 saturated carbocycles. The number of anilines is 1. The predicted molar refractivity (Wildman–Crippen MR) is 107 cm³/mol. The summed E-state index contributed by atoms with van der Waals surface area (Å²) < 4.78 is 10.9. The molecular formula is C22H21NO5. The second-order valence-corrected chi connectivity index (χ2v) is 6.47. The predicted octanol–water partition coefficient (Wildman–Crippen LogP) is 3.97. The average Bonchev–Trinajstić information content (AvgIpc) is 2.66. The number of hydrogen-bond acceptors (Lipinski definition) is 5. The van der Waals surface area contributed by atoms with Gasteiger partial charge < -0.3 is 14.5 Å². The summed E-state index contributed by atoms with van der Waals surface area (Å²) in [4.78, 5) is 35.1. The molecule has 1 aromatic heterocycles. The third-order valence-corrected chi connectivity index (χ3v) is 4.22. The molecule has 2 aromatic carbocycles. The fourth-order valence-electron chi connectivity index (χ4n) is 2.95. The van der Waals surface area contributed by atoms with Gasteiger partial charge >= 0.3 is 5.63 Å². The van der Waals surface area contributed by atoms with Crippen molar-refractivity contribution >= 4 is 28.3 Å². The van der Waals surface area contributed by atoms with Gasteiger partial charge in [-0.1, -0.05) is 13.3 Å². The molecule has 3 aromatic rings. The monoisotopic (exact) mass is 379 g/mol. The minimum absolute atomic E-state index is 0.149. The lowest BCUT2D eigenvalue weighted by Crippen LogP contribution is -2.12. The van der Waals surface area contributed by atoms with Crippen LogP contribution in [0.5, 0.6) is 5.75 Å². The number of amides is 1. The number of nitrogens with one attached hydrogen (secondary N) is 1. The van der Waals surface area contributed by atoms with Crippen molar-refractivity contribution in [3.63, 3.8) is 0 Å². The molecule has 0 saturated heterocycles. The smallest absolute Gasteiger partial charge is 0.336 e. The van der Waals surface area contributed by atoms with Crippen molar-refractivity contribution in [2.75, 3.05) is 11.9 Å². The van der Waals surface area contributed by atoms with Crippen LogP contribution < -0.4 is 15.7 Å². The maximum absolute atomic E-state index is 12.3. The van der Waals surface area contributed by atoms with E-state index in [-0.39, 0.29) is 18.3 Å². The Kier molecular flexibility index (Phi) is 5.89. The molecule has 28 heavy (non-hydrogen) atoms. The van der Waals surface area contributed by atoms with E-state index >= 15 is 0 Å². The van der Waals surface area contributed by atoms with Gasteiger partial charge in [-0.15, -0.1) is 0 Å². The number of carbonyl (C=O) groups is 2. The number of rotatable bonds is 7. The van der Waals surface area contributed by atoms with E-state index in [0.29, 0.717) is 22.6 Å². The molecule has 0 unspecified atom stereocenters. The highest BCUT2D eigenvalue weighted by molar-refractivity contribution is 5.98. The van der Waals surface area contributed by atoms with Gasteiger partial charge in [0.15, 0.2) is 12.4 Å². The van der Waals surface area contributed by atoms with E-state index in [1.807, 2.05) is 13.0 Å². The number of benzene rings is 2. The lowest BCUT2D eigenvalue weighted by Gasteiger charge is -2.09. The van der Waals surface area contributed by atoms with Gasteiger partial charge in [0.1, 0.15) is 11.3 Å². The number of Topliss-reactive ketones (excluding diaryl/α,β-unsaturated/α-hetero) is 1. The summed E-state index contributed by atoms with van der Waals surface area (Å²) in [5, 5.41) is 3.52. The molecule has 3 rings (SSSR count). The summed E-state index contributed by atoms with van der Waals surface area (Å²) in [5.41, 5.74) is 2.09. The highest BCUT2D eigenvalue weighted by atomic mass is 16.5. The molecule has 6 nitrogen and oxygen atoms in total. The van der Waals surface area contributed by atoms with Crippen LogP contribution in [0.2, 0.25) is 0 Å². The summed E-state index contributed by atoms with van der Waals surface area (Å²) in [5.74, 6) is 0.0793. The zero-order valence-corrected chi connectivity index (χ0v) is 15.8. The van der Waals surface area contributed by atoms with E-state index in [0.717, 1.165) is 23.8 Å². The Morgan fingerprint density at radius 3 is 2.50 bits per heavy atom. The van der Waals surface area contributed by atoms with Gasteiger partial charge in [0.2, 0.25) is 5.91 Å². The van der Waals surface area contributed by atoms with Crippen LogP contribution in [0.15, 0.2) is 57.7 Å². The summed E-state index contributed by atoms with van der Waals surface area (Å²) in [6.07, 6.45) is 1.71. The quantitative estimate of drug-likeness (QED) is 0.496. The van der Waals surface area contributed by atoms with E-state index in [1.54, 1.807) is 36.4 Å². The van der Waals surface area contributed by atoms with Gasteiger partial charge in [-0.25, -0.2) is 4.79 Å². The fraction of sp³-hybridized carbons (Fsp3) is 0.227. The minimum Gasteiger partial charge on any atom is -0.485 e. The van der Waals surface area contributed by atoms with E-state index in [2.05, 4.69) is 5.32 Å². The lowest BCUT2D eigenvalue weighted by atomic mass is 10.1. The molecule has 0 bridgehead atoms. The van der Waals surface area contributed by atoms with Crippen LogP contribution in [0, 0.1) is 0 Å². The first-order valence-electron chi connectivity index (χ1n) is 9.06. The average molecular weight is 379 g/mol. The summed E-state index contributed by atoms with van der Waals surface area (Å²) in [6.45, 7) is 3.32. The second-order valence-electron chi connectivity index (χ2n) is 6.47. The molecule has 0 aliphatic heterocycles. The molecule has 1 amide bonds. The number of ketones is 1. The van der Waals surface area contributed by atoms with Crippen LogP contribution in [-0.4, -0.2) is 18.3 Å². The molecule has 0 spiro atoms. The van der Waals surface area contributed by atoms with Gasteiger partial charge in [-0.2, -0.15) is 0 Å². The number of ether oxygens (including phenoxy) is 1. The molecule has 1 N–H and O–H groups in total. The van der Waals surface area contributed by atoms with Gasteiger partial charge in [0, 0.05) is 35.7 Å². The van der Waals surface area contributed by atoms with Crippen LogP contribution in [0.25, 0.3) is 11.0 Å². The van der Waals surface area contributed by atoms with Gasteiger partial charge in [-0.05, 0) is 48.4 Å². The molecule has 0 radical (unpaired) electrons. The Labute approximate surface area is 162 Å². The van der Waals surface area contributed by atoms with Crippen molar-refractivity contribution in [2.45, 2.75) is 26.7 Å². The molecule has 1 heterocycles. The van der Waals surface area contributed by atoms with Crippen LogP contribution in [0.1, 0.15) is 36.2 Å². The largest absolute Gasteiger partial charge is 0.485 e. The van der Waals surface area contributed by atoms with Crippen molar-refractivity contribution in [1.29, 1.82) is 0 Å². The van der Waals surface area contributed by atoms with Gasteiger partial charge in [0.05, 0.1) is 0 Å². The Balaban J connectivity index is 1.71. The normalized spacial score (nSPS) is 10.6. The number of carbonyl (C=O) groups excluding carboxylic acids is 2. The number of aryl methyl sites for hydroxylation is 1. The summed E-state index contributed by atoms with van der Waals surface area (Å²) in [7, 11) is 0. The maximum Gasteiger partial charge on any atom is 0.336 e. The summed E-state index contributed by atoms with van der Waals surface area (Å²) >= 11 is 0. The first-order valence-corrected chi connectivity index (χ1v) is 9.06. The zero-order chi connectivity index (χ0) is 20.1. The van der Waals surface area contributed by atoms with Crippen LogP contribution >= 0.6 is 0 Å². The van der Waals surface area contributed by atoms with Crippen molar-refractivity contribution < 1.29 is 18.7 Å². The Morgan fingerprint density at radius 1 is 1.07 bits per heavy atom. The standard InChI is InChI=1S/C22H21NO5/c1-3-4-16-11-22(26)28-21-12-18(9-10-19(16)21)27-13-20(25)15-5-7-17(8-6-15)23-14(2)24/h5-12H,3-4,13H2,1-2H3,(H,23,24). The molecule has 0 fully saturated rings. The second kappa shape index (κ2) is 8.52. The third-order valence-electron chi connectivity index (χ3n) is 4.22. The van der Waals surface area contributed by atoms with Crippen LogP contribution in [0.4, 0.5) is 5.69 Å². The number of fused-ring (bicyclic) bond motifs is 1. The first-order chi connectivity index (χ1) is 13.5. The van der Waals surface area contributed by atoms with Gasteiger partial charge in [-0.3, -0.25) is 9.59 Å².